The van der Waals surface area contributed by atoms with E-state index in [1.807, 2.05) is 13.0 Å². The number of amides is 1. The van der Waals surface area contributed by atoms with Crippen LogP contribution in [-0.4, -0.2) is 15.9 Å². The van der Waals surface area contributed by atoms with Crippen LogP contribution < -0.4 is 10.1 Å². The third kappa shape index (κ3) is 4.38. The number of carbonyl (C=O) groups is 1. The van der Waals surface area contributed by atoms with Crippen LogP contribution in [0.3, 0.4) is 0 Å². The van der Waals surface area contributed by atoms with Crippen LogP contribution in [0.5, 0.6) is 11.6 Å². The van der Waals surface area contributed by atoms with Crippen molar-refractivity contribution in [2.75, 3.05) is 0 Å². The van der Waals surface area contributed by atoms with E-state index in [4.69, 9.17) is 4.74 Å². The summed E-state index contributed by atoms with van der Waals surface area (Å²) in [7, 11) is 0. The molecule has 3 aromatic rings. The minimum atomic E-state index is -0.454. The standard InChI is InChI=1S/C19H16FN3O2/c1-13-7-8-17(12-22-13)25-19-15(5-3-9-21-19)11-23-18(24)14-4-2-6-16(20)10-14/h2-10,12H,11H2,1H3,(H,23,24). The molecule has 0 fully saturated rings. The van der Waals surface area contributed by atoms with E-state index in [-0.39, 0.29) is 18.0 Å². The van der Waals surface area contributed by atoms with Gasteiger partial charge < -0.3 is 10.1 Å². The predicted molar refractivity (Wildman–Crippen MR) is 90.9 cm³/mol. The maximum atomic E-state index is 13.2. The molecule has 2 heterocycles. The molecule has 0 atom stereocenters. The summed E-state index contributed by atoms with van der Waals surface area (Å²) < 4.78 is 18.9. The fourth-order valence-electron chi connectivity index (χ4n) is 2.18. The van der Waals surface area contributed by atoms with Crippen LogP contribution in [0.1, 0.15) is 21.6 Å². The summed E-state index contributed by atoms with van der Waals surface area (Å²) in [5.74, 6) is 0.117. The zero-order valence-electron chi connectivity index (χ0n) is 13.6. The summed E-state index contributed by atoms with van der Waals surface area (Å²) in [5, 5.41) is 2.74. The quantitative estimate of drug-likeness (QED) is 0.772. The van der Waals surface area contributed by atoms with Crippen LogP contribution in [0.4, 0.5) is 4.39 Å². The zero-order chi connectivity index (χ0) is 17.6. The van der Waals surface area contributed by atoms with Gasteiger partial charge in [-0.05, 0) is 43.3 Å². The Kier molecular flexibility index (Phi) is 4.99. The molecular formula is C19H16FN3O2. The lowest BCUT2D eigenvalue weighted by molar-refractivity contribution is 0.0950. The number of ether oxygens (including phenoxy) is 1. The molecule has 1 N–H and O–H groups in total. The number of carbonyl (C=O) groups excluding carboxylic acids is 1. The van der Waals surface area contributed by atoms with Gasteiger partial charge in [-0.15, -0.1) is 0 Å². The number of nitrogens with zero attached hydrogens (tertiary/aromatic N) is 2. The van der Waals surface area contributed by atoms with Gasteiger partial charge in [0.1, 0.15) is 11.6 Å². The molecule has 0 bridgehead atoms. The Morgan fingerprint density at radius 3 is 2.80 bits per heavy atom. The average Bonchev–Trinajstić information content (AvgIpc) is 2.62. The van der Waals surface area contributed by atoms with Crippen molar-refractivity contribution in [2.45, 2.75) is 13.5 Å². The van der Waals surface area contributed by atoms with Crippen molar-refractivity contribution < 1.29 is 13.9 Å². The number of aryl methyl sites for hydroxylation is 1. The summed E-state index contributed by atoms with van der Waals surface area (Å²) in [6.45, 7) is 2.09. The molecule has 0 spiro atoms. The van der Waals surface area contributed by atoms with Crippen LogP contribution in [0.2, 0.25) is 0 Å². The largest absolute Gasteiger partial charge is 0.437 e. The van der Waals surface area contributed by atoms with E-state index in [0.29, 0.717) is 17.2 Å². The highest BCUT2D eigenvalue weighted by Crippen LogP contribution is 2.22. The second-order valence-electron chi connectivity index (χ2n) is 5.40. The monoisotopic (exact) mass is 337 g/mol. The van der Waals surface area contributed by atoms with E-state index in [9.17, 15) is 9.18 Å². The van der Waals surface area contributed by atoms with Gasteiger partial charge in [0, 0.05) is 29.6 Å². The van der Waals surface area contributed by atoms with Gasteiger partial charge in [0.25, 0.3) is 5.91 Å². The fraction of sp³-hybridized carbons (Fsp3) is 0.105. The first-order chi connectivity index (χ1) is 12.1. The third-order valence-corrected chi connectivity index (χ3v) is 3.47. The predicted octanol–water partition coefficient (Wildman–Crippen LogP) is 3.65. The van der Waals surface area contributed by atoms with Gasteiger partial charge in [-0.2, -0.15) is 0 Å². The molecule has 0 saturated heterocycles. The average molecular weight is 337 g/mol. The van der Waals surface area contributed by atoms with Crippen molar-refractivity contribution in [1.82, 2.24) is 15.3 Å². The Balaban J connectivity index is 1.70. The highest BCUT2D eigenvalue weighted by Gasteiger charge is 2.10. The Hall–Kier alpha value is -3.28. The van der Waals surface area contributed by atoms with Crippen molar-refractivity contribution in [2.24, 2.45) is 0 Å². The van der Waals surface area contributed by atoms with E-state index < -0.39 is 5.82 Å². The van der Waals surface area contributed by atoms with Gasteiger partial charge in [0.15, 0.2) is 0 Å². The van der Waals surface area contributed by atoms with Gasteiger partial charge in [0.2, 0.25) is 5.88 Å². The molecule has 5 nitrogen and oxygen atoms in total. The summed E-state index contributed by atoms with van der Waals surface area (Å²) >= 11 is 0. The topological polar surface area (TPSA) is 64.1 Å². The van der Waals surface area contributed by atoms with E-state index in [1.54, 1.807) is 36.7 Å². The number of rotatable bonds is 5. The summed E-state index contributed by atoms with van der Waals surface area (Å²) in [6.07, 6.45) is 3.22. The number of hydrogen-bond donors (Lipinski definition) is 1. The first-order valence-electron chi connectivity index (χ1n) is 7.70. The van der Waals surface area contributed by atoms with Gasteiger partial charge in [-0.1, -0.05) is 12.1 Å². The molecule has 25 heavy (non-hydrogen) atoms. The zero-order valence-corrected chi connectivity index (χ0v) is 13.6. The second kappa shape index (κ2) is 7.53. The maximum absolute atomic E-state index is 13.2. The first-order valence-corrected chi connectivity index (χ1v) is 7.70. The van der Waals surface area contributed by atoms with Crippen LogP contribution >= 0.6 is 0 Å². The van der Waals surface area contributed by atoms with Crippen LogP contribution in [0.25, 0.3) is 0 Å². The SMILES string of the molecule is Cc1ccc(Oc2ncccc2CNC(=O)c2cccc(F)c2)cn1. The third-order valence-electron chi connectivity index (χ3n) is 3.47. The Morgan fingerprint density at radius 2 is 2.04 bits per heavy atom. The highest BCUT2D eigenvalue weighted by molar-refractivity contribution is 5.94. The Bertz CT molecular complexity index is 882. The number of pyridine rings is 2. The minimum absolute atomic E-state index is 0.206. The molecule has 6 heteroatoms. The number of nitrogens with one attached hydrogen (secondary N) is 1. The Morgan fingerprint density at radius 1 is 1.16 bits per heavy atom. The molecule has 1 amide bonds. The van der Waals surface area contributed by atoms with Crippen molar-refractivity contribution in [3.05, 3.63) is 83.6 Å². The molecule has 0 radical (unpaired) electrons. The molecule has 0 unspecified atom stereocenters. The molecule has 0 aliphatic rings. The number of aromatic nitrogens is 2. The molecule has 0 saturated carbocycles. The van der Waals surface area contributed by atoms with Crippen molar-refractivity contribution in [1.29, 1.82) is 0 Å². The molecular weight excluding hydrogens is 321 g/mol. The molecule has 3 rings (SSSR count). The van der Waals surface area contributed by atoms with Crippen molar-refractivity contribution in [3.63, 3.8) is 0 Å². The van der Waals surface area contributed by atoms with Gasteiger partial charge in [-0.3, -0.25) is 9.78 Å². The first kappa shape index (κ1) is 16.6. The lowest BCUT2D eigenvalue weighted by Crippen LogP contribution is -2.23. The van der Waals surface area contributed by atoms with Gasteiger partial charge >= 0.3 is 0 Å². The number of benzene rings is 1. The van der Waals surface area contributed by atoms with Crippen molar-refractivity contribution >= 4 is 5.91 Å². The minimum Gasteiger partial charge on any atom is -0.437 e. The smallest absolute Gasteiger partial charge is 0.251 e. The van der Waals surface area contributed by atoms with E-state index in [1.165, 1.54) is 18.2 Å². The second-order valence-corrected chi connectivity index (χ2v) is 5.40. The molecule has 0 aliphatic carbocycles. The van der Waals surface area contributed by atoms with Gasteiger partial charge in [0.05, 0.1) is 6.20 Å². The normalized spacial score (nSPS) is 10.3. The number of hydrogen-bond acceptors (Lipinski definition) is 4. The molecule has 1 aromatic carbocycles. The molecule has 126 valence electrons. The van der Waals surface area contributed by atoms with E-state index in [0.717, 1.165) is 5.69 Å². The van der Waals surface area contributed by atoms with Crippen LogP contribution in [0.15, 0.2) is 60.9 Å². The van der Waals surface area contributed by atoms with E-state index >= 15 is 0 Å². The van der Waals surface area contributed by atoms with E-state index in [2.05, 4.69) is 15.3 Å². The number of halogens is 1. The summed E-state index contributed by atoms with van der Waals surface area (Å²) in [4.78, 5) is 20.5. The maximum Gasteiger partial charge on any atom is 0.251 e. The summed E-state index contributed by atoms with van der Waals surface area (Å²) in [5.41, 5.74) is 1.85. The van der Waals surface area contributed by atoms with Crippen LogP contribution in [-0.2, 0) is 6.54 Å². The summed E-state index contributed by atoms with van der Waals surface area (Å²) in [6, 6.07) is 12.7. The molecule has 2 aromatic heterocycles. The Labute approximate surface area is 144 Å². The van der Waals surface area contributed by atoms with Crippen LogP contribution in [0, 0.1) is 12.7 Å². The fourth-order valence-corrected chi connectivity index (χ4v) is 2.18. The lowest BCUT2D eigenvalue weighted by atomic mass is 10.2. The highest BCUT2D eigenvalue weighted by atomic mass is 19.1. The van der Waals surface area contributed by atoms with Crippen molar-refractivity contribution in [3.8, 4) is 11.6 Å². The molecule has 0 aliphatic heterocycles. The van der Waals surface area contributed by atoms with Gasteiger partial charge in [-0.25, -0.2) is 9.37 Å². The lowest BCUT2D eigenvalue weighted by Gasteiger charge is -2.11.